The SMILES string of the molecule is CCOc1ccccc1NC(=O)CNS(=O)(=O)c1ccc(C(C)C)cc1. The molecule has 0 aromatic heterocycles. The number of para-hydroxylation sites is 2. The number of carbonyl (C=O) groups excluding carboxylic acids is 1. The summed E-state index contributed by atoms with van der Waals surface area (Å²) in [5.74, 6) is 0.380. The van der Waals surface area contributed by atoms with Crippen LogP contribution in [0.2, 0.25) is 0 Å². The number of amides is 1. The number of sulfonamides is 1. The number of benzene rings is 2. The predicted molar refractivity (Wildman–Crippen MR) is 102 cm³/mol. The van der Waals surface area contributed by atoms with Crippen molar-refractivity contribution in [3.05, 3.63) is 54.1 Å². The summed E-state index contributed by atoms with van der Waals surface area (Å²) in [7, 11) is -3.75. The lowest BCUT2D eigenvalue weighted by Crippen LogP contribution is -2.33. The maximum atomic E-state index is 12.3. The molecule has 0 fully saturated rings. The summed E-state index contributed by atoms with van der Waals surface area (Å²) in [4.78, 5) is 12.2. The topological polar surface area (TPSA) is 84.5 Å². The number of hydrogen-bond acceptors (Lipinski definition) is 4. The molecule has 0 atom stereocenters. The van der Waals surface area contributed by atoms with Crippen LogP contribution in [0.1, 0.15) is 32.3 Å². The van der Waals surface area contributed by atoms with Crippen molar-refractivity contribution < 1.29 is 17.9 Å². The zero-order valence-corrected chi connectivity index (χ0v) is 16.0. The first kappa shape index (κ1) is 19.9. The molecule has 0 aliphatic rings. The summed E-state index contributed by atoms with van der Waals surface area (Å²) >= 11 is 0. The molecule has 0 unspecified atom stereocenters. The van der Waals surface area contributed by atoms with E-state index in [1.54, 1.807) is 48.5 Å². The van der Waals surface area contributed by atoms with Crippen molar-refractivity contribution in [1.29, 1.82) is 0 Å². The van der Waals surface area contributed by atoms with Crippen molar-refractivity contribution >= 4 is 21.6 Å². The highest BCUT2D eigenvalue weighted by atomic mass is 32.2. The molecule has 7 heteroatoms. The molecule has 2 aromatic rings. The first-order valence-electron chi connectivity index (χ1n) is 8.44. The number of nitrogens with one attached hydrogen (secondary N) is 2. The van der Waals surface area contributed by atoms with Gasteiger partial charge in [0.05, 0.1) is 23.7 Å². The fraction of sp³-hybridized carbons (Fsp3) is 0.316. The second-order valence-electron chi connectivity index (χ2n) is 6.03. The molecule has 0 spiro atoms. The molecule has 26 heavy (non-hydrogen) atoms. The third kappa shape index (κ3) is 5.31. The second-order valence-corrected chi connectivity index (χ2v) is 7.79. The molecule has 0 aliphatic heterocycles. The van der Waals surface area contributed by atoms with Crippen molar-refractivity contribution in [2.75, 3.05) is 18.5 Å². The van der Waals surface area contributed by atoms with Crippen molar-refractivity contribution in [3.8, 4) is 5.75 Å². The highest BCUT2D eigenvalue weighted by molar-refractivity contribution is 7.89. The Balaban J connectivity index is 2.00. The van der Waals surface area contributed by atoms with E-state index < -0.39 is 15.9 Å². The van der Waals surface area contributed by atoms with E-state index in [0.717, 1.165) is 5.56 Å². The van der Waals surface area contributed by atoms with Crippen LogP contribution in [0, 0.1) is 0 Å². The maximum Gasteiger partial charge on any atom is 0.241 e. The Kier molecular flexibility index (Phi) is 6.76. The number of anilines is 1. The maximum absolute atomic E-state index is 12.3. The first-order chi connectivity index (χ1) is 12.3. The molecule has 2 rings (SSSR count). The summed E-state index contributed by atoms with van der Waals surface area (Å²) in [6.45, 7) is 6.01. The number of hydrogen-bond donors (Lipinski definition) is 2. The monoisotopic (exact) mass is 376 g/mol. The summed E-state index contributed by atoms with van der Waals surface area (Å²) in [6, 6.07) is 13.6. The van der Waals surface area contributed by atoms with E-state index in [1.165, 1.54) is 0 Å². The van der Waals surface area contributed by atoms with Crippen LogP contribution in [0.3, 0.4) is 0 Å². The van der Waals surface area contributed by atoms with E-state index in [9.17, 15) is 13.2 Å². The zero-order chi connectivity index (χ0) is 19.2. The van der Waals surface area contributed by atoms with Gasteiger partial charge in [-0.05, 0) is 42.7 Å². The summed E-state index contributed by atoms with van der Waals surface area (Å²) < 4.78 is 32.4. The second kappa shape index (κ2) is 8.82. The van der Waals surface area contributed by atoms with Crippen LogP contribution in [-0.4, -0.2) is 27.5 Å². The van der Waals surface area contributed by atoms with E-state index in [4.69, 9.17) is 4.74 Å². The minimum Gasteiger partial charge on any atom is -0.492 e. The van der Waals surface area contributed by atoms with E-state index in [1.807, 2.05) is 20.8 Å². The Morgan fingerprint density at radius 1 is 1.08 bits per heavy atom. The molecule has 0 radical (unpaired) electrons. The summed E-state index contributed by atoms with van der Waals surface area (Å²) in [5.41, 5.74) is 1.55. The van der Waals surface area contributed by atoms with Gasteiger partial charge >= 0.3 is 0 Å². The van der Waals surface area contributed by atoms with E-state index in [2.05, 4.69) is 10.0 Å². The van der Waals surface area contributed by atoms with Crippen molar-refractivity contribution in [2.45, 2.75) is 31.6 Å². The molecule has 0 heterocycles. The molecule has 6 nitrogen and oxygen atoms in total. The van der Waals surface area contributed by atoms with Crippen LogP contribution in [0.15, 0.2) is 53.4 Å². The van der Waals surface area contributed by atoms with E-state index in [-0.39, 0.29) is 11.4 Å². The first-order valence-corrected chi connectivity index (χ1v) is 9.93. The van der Waals surface area contributed by atoms with Gasteiger partial charge in [-0.3, -0.25) is 4.79 Å². The van der Waals surface area contributed by atoms with Gasteiger partial charge in [-0.2, -0.15) is 0 Å². The predicted octanol–water partition coefficient (Wildman–Crippen LogP) is 3.13. The molecule has 0 saturated carbocycles. The highest BCUT2D eigenvalue weighted by Crippen LogP contribution is 2.23. The fourth-order valence-electron chi connectivity index (χ4n) is 2.32. The molecular weight excluding hydrogens is 352 g/mol. The smallest absolute Gasteiger partial charge is 0.241 e. The molecule has 0 bridgehead atoms. The quantitative estimate of drug-likeness (QED) is 0.741. The zero-order valence-electron chi connectivity index (χ0n) is 15.2. The Labute approximate surface area is 154 Å². The minimum absolute atomic E-state index is 0.129. The standard InChI is InChI=1S/C19H24N2O4S/c1-4-25-18-8-6-5-7-17(18)21-19(22)13-20-26(23,24)16-11-9-15(10-12-16)14(2)3/h5-12,14,20H,4,13H2,1-3H3,(H,21,22). The largest absolute Gasteiger partial charge is 0.492 e. The number of rotatable bonds is 8. The van der Waals surface area contributed by atoms with Gasteiger partial charge in [0.25, 0.3) is 0 Å². The van der Waals surface area contributed by atoms with Gasteiger partial charge in [0.2, 0.25) is 15.9 Å². The van der Waals surface area contributed by atoms with Crippen molar-refractivity contribution in [2.24, 2.45) is 0 Å². The Bertz CT molecular complexity index is 846. The minimum atomic E-state index is -3.75. The normalized spacial score (nSPS) is 11.4. The third-order valence-electron chi connectivity index (χ3n) is 3.74. The molecule has 1 amide bonds. The molecule has 2 N–H and O–H groups in total. The third-order valence-corrected chi connectivity index (χ3v) is 5.16. The lowest BCUT2D eigenvalue weighted by Gasteiger charge is -2.12. The summed E-state index contributed by atoms with van der Waals surface area (Å²) in [5, 5.41) is 2.65. The van der Waals surface area contributed by atoms with Gasteiger partial charge in [-0.15, -0.1) is 0 Å². The van der Waals surface area contributed by atoms with Crippen LogP contribution in [0.5, 0.6) is 5.75 Å². The Hall–Kier alpha value is -2.38. The van der Waals surface area contributed by atoms with E-state index in [0.29, 0.717) is 24.0 Å². The fourth-order valence-corrected chi connectivity index (χ4v) is 3.30. The Morgan fingerprint density at radius 3 is 2.35 bits per heavy atom. The molecule has 0 aliphatic carbocycles. The van der Waals surface area contributed by atoms with Crippen LogP contribution in [0.25, 0.3) is 0 Å². The van der Waals surface area contributed by atoms with Gasteiger partial charge in [-0.25, -0.2) is 13.1 Å². The van der Waals surface area contributed by atoms with E-state index >= 15 is 0 Å². The van der Waals surface area contributed by atoms with Gasteiger partial charge in [0.1, 0.15) is 5.75 Å². The van der Waals surface area contributed by atoms with Crippen LogP contribution >= 0.6 is 0 Å². The highest BCUT2D eigenvalue weighted by Gasteiger charge is 2.16. The Morgan fingerprint density at radius 2 is 1.73 bits per heavy atom. The van der Waals surface area contributed by atoms with Gasteiger partial charge < -0.3 is 10.1 Å². The molecule has 140 valence electrons. The summed E-state index contributed by atoms with van der Waals surface area (Å²) in [6.07, 6.45) is 0. The molecule has 2 aromatic carbocycles. The van der Waals surface area contributed by atoms with Crippen molar-refractivity contribution in [1.82, 2.24) is 4.72 Å². The van der Waals surface area contributed by atoms with Crippen LogP contribution < -0.4 is 14.8 Å². The number of ether oxygens (including phenoxy) is 1. The number of carbonyl (C=O) groups is 1. The average molecular weight is 376 g/mol. The lowest BCUT2D eigenvalue weighted by atomic mass is 10.0. The molecule has 0 saturated heterocycles. The lowest BCUT2D eigenvalue weighted by molar-refractivity contribution is -0.115. The van der Waals surface area contributed by atoms with Gasteiger partial charge in [0.15, 0.2) is 0 Å². The van der Waals surface area contributed by atoms with Crippen LogP contribution in [-0.2, 0) is 14.8 Å². The molecular formula is C19H24N2O4S. The van der Waals surface area contributed by atoms with Crippen LogP contribution in [0.4, 0.5) is 5.69 Å². The van der Waals surface area contributed by atoms with Gasteiger partial charge in [-0.1, -0.05) is 38.1 Å². The van der Waals surface area contributed by atoms with Gasteiger partial charge in [0, 0.05) is 0 Å². The van der Waals surface area contributed by atoms with Crippen molar-refractivity contribution in [3.63, 3.8) is 0 Å². The average Bonchev–Trinajstić information content (AvgIpc) is 2.62.